The highest BCUT2D eigenvalue weighted by molar-refractivity contribution is 5.68. The van der Waals surface area contributed by atoms with Gasteiger partial charge >= 0.3 is 0 Å². The number of H-pyrrole nitrogens is 1. The van der Waals surface area contributed by atoms with E-state index in [0.29, 0.717) is 5.69 Å². The number of benzene rings is 3. The minimum atomic E-state index is -0.280. The van der Waals surface area contributed by atoms with Crippen LogP contribution in [-0.4, -0.2) is 17.3 Å². The molecule has 5 heteroatoms. The van der Waals surface area contributed by atoms with Crippen LogP contribution in [0.2, 0.25) is 0 Å². The van der Waals surface area contributed by atoms with E-state index in [4.69, 9.17) is 9.47 Å². The SMILES string of the molecule is COc1ccc(Oc2ccc(-c3cc(-c4cccc(F)c4)n[nH]3)cc2)cc1. The van der Waals surface area contributed by atoms with Crippen LogP contribution in [0.15, 0.2) is 78.9 Å². The van der Waals surface area contributed by atoms with Gasteiger partial charge < -0.3 is 9.47 Å². The molecule has 0 spiro atoms. The number of hydrogen-bond acceptors (Lipinski definition) is 3. The van der Waals surface area contributed by atoms with Crippen molar-refractivity contribution < 1.29 is 13.9 Å². The summed E-state index contributed by atoms with van der Waals surface area (Å²) in [7, 11) is 1.63. The molecule has 0 aliphatic rings. The van der Waals surface area contributed by atoms with E-state index in [0.717, 1.165) is 34.1 Å². The lowest BCUT2D eigenvalue weighted by Gasteiger charge is -2.07. The Kier molecular flexibility index (Phi) is 4.58. The zero-order valence-electron chi connectivity index (χ0n) is 14.6. The van der Waals surface area contributed by atoms with Gasteiger partial charge in [0.25, 0.3) is 0 Å². The summed E-state index contributed by atoms with van der Waals surface area (Å²) >= 11 is 0. The van der Waals surface area contributed by atoms with Crippen LogP contribution in [0.25, 0.3) is 22.5 Å². The summed E-state index contributed by atoms with van der Waals surface area (Å²) in [6, 6.07) is 23.4. The topological polar surface area (TPSA) is 47.1 Å². The molecule has 0 atom stereocenters. The first-order valence-corrected chi connectivity index (χ1v) is 8.45. The highest BCUT2D eigenvalue weighted by atomic mass is 19.1. The summed E-state index contributed by atoms with van der Waals surface area (Å²) < 4.78 is 24.4. The Bertz CT molecular complexity index is 1040. The third-order valence-electron chi connectivity index (χ3n) is 4.16. The second-order valence-corrected chi connectivity index (χ2v) is 5.98. The molecule has 4 rings (SSSR count). The number of ether oxygens (including phenoxy) is 2. The van der Waals surface area contributed by atoms with E-state index in [1.807, 2.05) is 60.7 Å². The Morgan fingerprint density at radius 3 is 2.11 bits per heavy atom. The maximum absolute atomic E-state index is 13.4. The van der Waals surface area contributed by atoms with Gasteiger partial charge in [0.1, 0.15) is 23.1 Å². The minimum absolute atomic E-state index is 0.280. The summed E-state index contributed by atoms with van der Waals surface area (Å²) in [4.78, 5) is 0. The van der Waals surface area contributed by atoms with Crippen molar-refractivity contribution in [3.63, 3.8) is 0 Å². The second kappa shape index (κ2) is 7.33. The maximum atomic E-state index is 13.4. The van der Waals surface area contributed by atoms with E-state index in [9.17, 15) is 4.39 Å². The van der Waals surface area contributed by atoms with E-state index in [2.05, 4.69) is 10.2 Å². The number of nitrogens with zero attached hydrogens (tertiary/aromatic N) is 1. The Morgan fingerprint density at radius 2 is 1.44 bits per heavy atom. The standard InChI is InChI=1S/C22H17FN2O2/c1-26-18-9-11-20(12-10-18)27-19-7-5-15(6-8-19)21-14-22(25-24-21)16-3-2-4-17(23)13-16/h2-14H,1H3,(H,24,25). The van der Waals surface area contributed by atoms with Gasteiger partial charge in [-0.2, -0.15) is 5.10 Å². The minimum Gasteiger partial charge on any atom is -0.497 e. The molecule has 4 nitrogen and oxygen atoms in total. The zero-order chi connectivity index (χ0) is 18.6. The lowest BCUT2D eigenvalue weighted by Crippen LogP contribution is -1.86. The number of aromatic amines is 1. The van der Waals surface area contributed by atoms with Crippen molar-refractivity contribution in [3.05, 3.63) is 84.7 Å². The van der Waals surface area contributed by atoms with Crippen LogP contribution >= 0.6 is 0 Å². The van der Waals surface area contributed by atoms with E-state index in [1.165, 1.54) is 12.1 Å². The molecule has 0 aliphatic heterocycles. The molecule has 0 saturated heterocycles. The van der Waals surface area contributed by atoms with Gasteiger partial charge in [-0.05, 0) is 72.3 Å². The van der Waals surface area contributed by atoms with E-state index >= 15 is 0 Å². The molecular formula is C22H17FN2O2. The monoisotopic (exact) mass is 360 g/mol. The molecule has 3 aromatic carbocycles. The largest absolute Gasteiger partial charge is 0.497 e. The van der Waals surface area contributed by atoms with Crippen LogP contribution < -0.4 is 9.47 Å². The first-order valence-electron chi connectivity index (χ1n) is 8.45. The first-order chi connectivity index (χ1) is 13.2. The van der Waals surface area contributed by atoms with Crippen LogP contribution in [0, 0.1) is 5.82 Å². The molecular weight excluding hydrogens is 343 g/mol. The predicted octanol–water partition coefficient (Wildman–Crippen LogP) is 5.68. The normalized spacial score (nSPS) is 10.6. The molecule has 1 N–H and O–H groups in total. The first kappa shape index (κ1) is 16.8. The van der Waals surface area contributed by atoms with Gasteiger partial charge in [0.15, 0.2) is 0 Å². The van der Waals surface area contributed by atoms with Gasteiger partial charge in [0.2, 0.25) is 0 Å². The molecule has 0 radical (unpaired) electrons. The van der Waals surface area contributed by atoms with Gasteiger partial charge in [-0.3, -0.25) is 5.10 Å². The molecule has 1 heterocycles. The average Bonchev–Trinajstić information content (AvgIpc) is 3.19. The molecule has 0 saturated carbocycles. The number of rotatable bonds is 5. The summed E-state index contributed by atoms with van der Waals surface area (Å²) in [5.74, 6) is 1.97. The Balaban J connectivity index is 1.50. The van der Waals surface area contributed by atoms with Crippen LogP contribution in [0.3, 0.4) is 0 Å². The van der Waals surface area contributed by atoms with E-state index in [-0.39, 0.29) is 5.82 Å². The average molecular weight is 360 g/mol. The van der Waals surface area contributed by atoms with Crippen molar-refractivity contribution in [3.8, 4) is 39.8 Å². The number of methoxy groups -OCH3 is 1. The van der Waals surface area contributed by atoms with Crippen molar-refractivity contribution in [1.29, 1.82) is 0 Å². The van der Waals surface area contributed by atoms with Gasteiger partial charge in [0, 0.05) is 5.56 Å². The maximum Gasteiger partial charge on any atom is 0.127 e. The number of nitrogens with one attached hydrogen (secondary N) is 1. The van der Waals surface area contributed by atoms with Gasteiger partial charge in [-0.1, -0.05) is 12.1 Å². The molecule has 4 aromatic rings. The Hall–Kier alpha value is -3.60. The second-order valence-electron chi connectivity index (χ2n) is 5.98. The Morgan fingerprint density at radius 1 is 0.778 bits per heavy atom. The van der Waals surface area contributed by atoms with Gasteiger partial charge in [-0.15, -0.1) is 0 Å². The molecule has 0 aliphatic carbocycles. The Labute approximate surface area is 156 Å². The summed E-state index contributed by atoms with van der Waals surface area (Å²) in [5, 5.41) is 7.27. The van der Waals surface area contributed by atoms with Crippen LogP contribution in [0.5, 0.6) is 17.2 Å². The molecule has 0 bridgehead atoms. The fraction of sp³-hybridized carbons (Fsp3) is 0.0455. The third kappa shape index (κ3) is 3.82. The molecule has 0 unspecified atom stereocenters. The fourth-order valence-corrected chi connectivity index (χ4v) is 2.75. The number of halogens is 1. The molecule has 0 fully saturated rings. The lowest BCUT2D eigenvalue weighted by atomic mass is 10.1. The van der Waals surface area contributed by atoms with Crippen molar-refractivity contribution in [2.24, 2.45) is 0 Å². The summed E-state index contributed by atoms with van der Waals surface area (Å²) in [5.41, 5.74) is 3.25. The van der Waals surface area contributed by atoms with Crippen molar-refractivity contribution >= 4 is 0 Å². The molecule has 0 amide bonds. The third-order valence-corrected chi connectivity index (χ3v) is 4.16. The summed E-state index contributed by atoms with van der Waals surface area (Å²) in [6.45, 7) is 0. The van der Waals surface area contributed by atoms with E-state index < -0.39 is 0 Å². The predicted molar refractivity (Wildman–Crippen MR) is 102 cm³/mol. The van der Waals surface area contributed by atoms with Crippen molar-refractivity contribution in [1.82, 2.24) is 10.2 Å². The number of hydrogen-bond donors (Lipinski definition) is 1. The van der Waals surface area contributed by atoms with Gasteiger partial charge in [0.05, 0.1) is 18.5 Å². The highest BCUT2D eigenvalue weighted by Gasteiger charge is 2.07. The van der Waals surface area contributed by atoms with Gasteiger partial charge in [-0.25, -0.2) is 4.39 Å². The van der Waals surface area contributed by atoms with E-state index in [1.54, 1.807) is 13.2 Å². The van der Waals surface area contributed by atoms with Crippen molar-refractivity contribution in [2.45, 2.75) is 0 Å². The van der Waals surface area contributed by atoms with Crippen LogP contribution in [0.4, 0.5) is 4.39 Å². The lowest BCUT2D eigenvalue weighted by molar-refractivity contribution is 0.413. The fourth-order valence-electron chi connectivity index (χ4n) is 2.75. The zero-order valence-corrected chi connectivity index (χ0v) is 14.6. The molecule has 1 aromatic heterocycles. The molecule has 27 heavy (non-hydrogen) atoms. The smallest absolute Gasteiger partial charge is 0.127 e. The number of aromatic nitrogens is 2. The van der Waals surface area contributed by atoms with Crippen LogP contribution in [-0.2, 0) is 0 Å². The van der Waals surface area contributed by atoms with Crippen LogP contribution in [0.1, 0.15) is 0 Å². The molecule has 134 valence electrons. The summed E-state index contributed by atoms with van der Waals surface area (Å²) in [6.07, 6.45) is 0. The quantitative estimate of drug-likeness (QED) is 0.498. The highest BCUT2D eigenvalue weighted by Crippen LogP contribution is 2.28. The van der Waals surface area contributed by atoms with Crippen molar-refractivity contribution in [2.75, 3.05) is 7.11 Å².